The summed E-state index contributed by atoms with van der Waals surface area (Å²) in [5, 5.41) is 9.82. The van der Waals surface area contributed by atoms with Crippen molar-refractivity contribution in [1.82, 2.24) is 0 Å². The number of carbonyl (C=O) groups is 2. The van der Waals surface area contributed by atoms with E-state index in [2.05, 4.69) is 16.0 Å². The third-order valence-electron chi connectivity index (χ3n) is 3.79. The Labute approximate surface area is 168 Å². The molecule has 5 nitrogen and oxygen atoms in total. The zero-order valence-electron chi connectivity index (χ0n) is 14.9. The number of anilines is 3. The summed E-state index contributed by atoms with van der Waals surface area (Å²) in [7, 11) is 0. The molecule has 9 heteroatoms. The molecule has 0 saturated heterocycles. The summed E-state index contributed by atoms with van der Waals surface area (Å²) in [4.78, 5) is 24.8. The second kappa shape index (κ2) is 8.78. The molecule has 1 heterocycles. The van der Waals surface area contributed by atoms with E-state index in [4.69, 9.17) is 0 Å². The topological polar surface area (TPSA) is 70.2 Å². The van der Waals surface area contributed by atoms with Gasteiger partial charge in [-0.1, -0.05) is 18.2 Å². The first-order valence-corrected chi connectivity index (χ1v) is 9.35. The Morgan fingerprint density at radius 2 is 1.55 bits per heavy atom. The summed E-state index contributed by atoms with van der Waals surface area (Å²) >= 11 is 1.31. The lowest BCUT2D eigenvalue weighted by Gasteiger charge is -2.11. The van der Waals surface area contributed by atoms with E-state index >= 15 is 0 Å². The van der Waals surface area contributed by atoms with Gasteiger partial charge in [-0.3, -0.25) is 9.59 Å². The molecule has 0 aliphatic heterocycles. The highest BCUT2D eigenvalue weighted by Crippen LogP contribution is 2.30. The molecule has 0 saturated carbocycles. The maximum Gasteiger partial charge on any atom is 0.416 e. The van der Waals surface area contributed by atoms with Crippen LogP contribution in [0.1, 0.15) is 15.2 Å². The first-order valence-electron chi connectivity index (χ1n) is 8.47. The normalized spacial score (nSPS) is 11.0. The van der Waals surface area contributed by atoms with Crippen LogP contribution >= 0.6 is 11.3 Å². The Bertz CT molecular complexity index is 1000. The second-order valence-electron chi connectivity index (χ2n) is 5.99. The van der Waals surface area contributed by atoms with Crippen LogP contribution in [-0.2, 0) is 11.0 Å². The maximum absolute atomic E-state index is 12.7. The van der Waals surface area contributed by atoms with Gasteiger partial charge in [-0.15, -0.1) is 11.3 Å². The summed E-state index contributed by atoms with van der Waals surface area (Å²) < 4.78 is 38.2. The molecule has 1 aromatic heterocycles. The van der Waals surface area contributed by atoms with Crippen LogP contribution < -0.4 is 16.0 Å². The minimum absolute atomic E-state index is 0.187. The van der Waals surface area contributed by atoms with Gasteiger partial charge in [-0.25, -0.2) is 0 Å². The van der Waals surface area contributed by atoms with Gasteiger partial charge < -0.3 is 16.0 Å². The number of halogens is 3. The van der Waals surface area contributed by atoms with Crippen LogP contribution in [0.5, 0.6) is 0 Å². The minimum atomic E-state index is -4.45. The molecule has 0 radical (unpaired) electrons. The molecule has 2 amide bonds. The van der Waals surface area contributed by atoms with Crippen LogP contribution in [-0.4, -0.2) is 18.4 Å². The molecular formula is C20H16F3N3O2S. The first-order chi connectivity index (χ1) is 13.8. The van der Waals surface area contributed by atoms with Crippen LogP contribution in [0.15, 0.2) is 66.0 Å². The van der Waals surface area contributed by atoms with Crippen LogP contribution in [0, 0.1) is 0 Å². The van der Waals surface area contributed by atoms with Gasteiger partial charge in [0.05, 0.1) is 17.0 Å². The number of carbonyl (C=O) groups excluding carboxylic acids is 2. The fourth-order valence-electron chi connectivity index (χ4n) is 2.47. The average molecular weight is 419 g/mol. The Balaban J connectivity index is 1.56. The van der Waals surface area contributed by atoms with Crippen molar-refractivity contribution in [3.05, 3.63) is 76.5 Å². The third-order valence-corrected chi connectivity index (χ3v) is 4.66. The number of nitrogens with one attached hydrogen (secondary N) is 3. The van der Waals surface area contributed by atoms with Crippen molar-refractivity contribution in [2.24, 2.45) is 0 Å². The molecular weight excluding hydrogens is 403 g/mol. The van der Waals surface area contributed by atoms with Crippen molar-refractivity contribution in [2.75, 3.05) is 22.5 Å². The summed E-state index contributed by atoms with van der Waals surface area (Å²) in [5.41, 5.74) is 0.348. The van der Waals surface area contributed by atoms with Gasteiger partial charge in [0.15, 0.2) is 0 Å². The van der Waals surface area contributed by atoms with Gasteiger partial charge in [0.2, 0.25) is 5.91 Å². The van der Waals surface area contributed by atoms with E-state index < -0.39 is 17.6 Å². The lowest BCUT2D eigenvalue weighted by atomic mass is 10.2. The smallest absolute Gasteiger partial charge is 0.376 e. The molecule has 0 aliphatic rings. The Morgan fingerprint density at radius 1 is 0.862 bits per heavy atom. The third kappa shape index (κ3) is 5.82. The van der Waals surface area contributed by atoms with Crippen LogP contribution in [0.2, 0.25) is 0 Å². The molecule has 0 aliphatic carbocycles. The van der Waals surface area contributed by atoms with E-state index in [1.165, 1.54) is 23.5 Å². The molecule has 3 rings (SSSR count). The highest BCUT2D eigenvalue weighted by Gasteiger charge is 2.30. The van der Waals surface area contributed by atoms with E-state index in [1.807, 2.05) is 0 Å². The first kappa shape index (κ1) is 20.4. The monoisotopic (exact) mass is 419 g/mol. The van der Waals surface area contributed by atoms with Crippen molar-refractivity contribution < 1.29 is 22.8 Å². The van der Waals surface area contributed by atoms with Gasteiger partial charge in [-0.2, -0.15) is 13.2 Å². The standard InChI is InChI=1S/C20H16F3N3O2S/c21-20(22,23)13-4-1-5-14(10-13)24-12-18(27)25-15-6-2-7-16(11-15)26-19(28)17-8-3-9-29-17/h1-11,24H,12H2,(H,25,27)(H,26,28). The molecule has 3 aromatic rings. The molecule has 0 fully saturated rings. The average Bonchev–Trinajstić information content (AvgIpc) is 3.21. The van der Waals surface area contributed by atoms with Gasteiger partial charge >= 0.3 is 6.18 Å². The predicted octanol–water partition coefficient (Wildman–Crippen LogP) is 5.07. The molecule has 150 valence electrons. The Morgan fingerprint density at radius 3 is 2.24 bits per heavy atom. The summed E-state index contributed by atoms with van der Waals surface area (Å²) in [6.07, 6.45) is -4.45. The van der Waals surface area contributed by atoms with Gasteiger partial charge in [0.25, 0.3) is 5.91 Å². The van der Waals surface area contributed by atoms with Crippen molar-refractivity contribution in [3.63, 3.8) is 0 Å². The predicted molar refractivity (Wildman–Crippen MR) is 107 cm³/mol. The molecule has 0 unspecified atom stereocenters. The molecule has 29 heavy (non-hydrogen) atoms. The van der Waals surface area contributed by atoms with Crippen molar-refractivity contribution in [3.8, 4) is 0 Å². The van der Waals surface area contributed by atoms with Gasteiger partial charge in [0.1, 0.15) is 0 Å². The zero-order chi connectivity index (χ0) is 20.9. The van der Waals surface area contributed by atoms with E-state index in [-0.39, 0.29) is 18.1 Å². The quantitative estimate of drug-likeness (QED) is 0.523. The number of hydrogen-bond donors (Lipinski definition) is 3. The number of thiophene rings is 1. The van der Waals surface area contributed by atoms with E-state index in [9.17, 15) is 22.8 Å². The molecule has 2 aromatic carbocycles. The van der Waals surface area contributed by atoms with Crippen LogP contribution in [0.3, 0.4) is 0 Å². The van der Waals surface area contributed by atoms with Crippen LogP contribution in [0.4, 0.5) is 30.2 Å². The second-order valence-corrected chi connectivity index (χ2v) is 6.94. The number of hydrogen-bond acceptors (Lipinski definition) is 4. The Kier molecular flexibility index (Phi) is 6.18. The highest BCUT2D eigenvalue weighted by atomic mass is 32.1. The maximum atomic E-state index is 12.7. The number of benzene rings is 2. The lowest BCUT2D eigenvalue weighted by Crippen LogP contribution is -2.22. The molecule has 0 atom stereocenters. The summed E-state index contributed by atoms with van der Waals surface area (Å²) in [6.45, 7) is -0.215. The molecule has 0 bridgehead atoms. The highest BCUT2D eigenvalue weighted by molar-refractivity contribution is 7.12. The number of amides is 2. The molecule has 3 N–H and O–H groups in total. The molecule has 0 spiro atoms. The number of rotatable bonds is 6. The van der Waals surface area contributed by atoms with Gasteiger partial charge in [0, 0.05) is 17.1 Å². The fourth-order valence-corrected chi connectivity index (χ4v) is 3.09. The van der Waals surface area contributed by atoms with Crippen molar-refractivity contribution in [2.45, 2.75) is 6.18 Å². The number of alkyl halides is 3. The van der Waals surface area contributed by atoms with E-state index in [0.29, 0.717) is 16.3 Å². The van der Waals surface area contributed by atoms with Crippen molar-refractivity contribution in [1.29, 1.82) is 0 Å². The zero-order valence-corrected chi connectivity index (χ0v) is 15.7. The fraction of sp³-hybridized carbons (Fsp3) is 0.100. The summed E-state index contributed by atoms with van der Waals surface area (Å²) in [6, 6.07) is 14.7. The van der Waals surface area contributed by atoms with Crippen molar-refractivity contribution >= 4 is 40.2 Å². The Hall–Kier alpha value is -3.33. The van der Waals surface area contributed by atoms with Crippen LogP contribution in [0.25, 0.3) is 0 Å². The van der Waals surface area contributed by atoms with E-state index in [1.54, 1.807) is 41.8 Å². The van der Waals surface area contributed by atoms with E-state index in [0.717, 1.165) is 12.1 Å². The van der Waals surface area contributed by atoms with Gasteiger partial charge in [-0.05, 0) is 47.8 Å². The largest absolute Gasteiger partial charge is 0.416 e. The SMILES string of the molecule is O=C(CNc1cccc(C(F)(F)F)c1)Nc1cccc(NC(=O)c2cccs2)c1. The summed E-state index contributed by atoms with van der Waals surface area (Å²) in [5.74, 6) is -0.696. The minimum Gasteiger partial charge on any atom is -0.376 e. The lowest BCUT2D eigenvalue weighted by molar-refractivity contribution is -0.137.